The lowest BCUT2D eigenvalue weighted by Gasteiger charge is -2.15. The van der Waals surface area contributed by atoms with Gasteiger partial charge in [-0.05, 0) is 31.9 Å². The number of nitrogens with zero attached hydrogens (tertiary/aromatic N) is 4. The molecule has 2 heterocycles. The number of nitriles is 1. The molecule has 0 saturated carbocycles. The highest BCUT2D eigenvalue weighted by atomic mass is 15.0. The fourth-order valence-corrected chi connectivity index (χ4v) is 1.95. The Kier molecular flexibility index (Phi) is 4.14. The van der Waals surface area contributed by atoms with Crippen LogP contribution in [0.2, 0.25) is 0 Å². The summed E-state index contributed by atoms with van der Waals surface area (Å²) in [4.78, 5) is 8.13. The van der Waals surface area contributed by atoms with Crippen LogP contribution in [0.3, 0.4) is 0 Å². The molecule has 0 aromatic carbocycles. The molecule has 0 amide bonds. The van der Waals surface area contributed by atoms with Crippen LogP contribution in [0.15, 0.2) is 30.7 Å². The van der Waals surface area contributed by atoms with Crippen molar-refractivity contribution in [3.63, 3.8) is 0 Å². The summed E-state index contributed by atoms with van der Waals surface area (Å²) in [5.41, 5.74) is 1.64. The predicted molar refractivity (Wildman–Crippen MR) is 73.6 cm³/mol. The number of nitrogens with one attached hydrogen (secondary N) is 1. The van der Waals surface area contributed by atoms with Crippen LogP contribution in [0, 0.1) is 11.3 Å². The lowest BCUT2D eigenvalue weighted by molar-refractivity contribution is 0.672. The molecule has 0 bridgehead atoms. The van der Waals surface area contributed by atoms with E-state index in [2.05, 4.69) is 32.8 Å². The summed E-state index contributed by atoms with van der Waals surface area (Å²) < 4.78 is 2.12. The highest BCUT2D eigenvalue weighted by Crippen LogP contribution is 2.12. The number of hydrogen-bond acceptors (Lipinski definition) is 4. The second kappa shape index (κ2) is 6.01. The minimum atomic E-state index is 0.235. The van der Waals surface area contributed by atoms with Gasteiger partial charge in [0.1, 0.15) is 6.07 Å². The van der Waals surface area contributed by atoms with Crippen LogP contribution < -0.4 is 5.32 Å². The van der Waals surface area contributed by atoms with Gasteiger partial charge in [0, 0.05) is 37.4 Å². The zero-order valence-corrected chi connectivity index (χ0v) is 11.2. The number of rotatable bonds is 5. The standard InChI is InChI=1S/C14H17N5/c1-11(5-6-12-4-3-9-19(12)2)18-14-13(10-15)16-7-8-17-14/h3-4,7-9,11H,5-6H2,1-2H3,(H,17,18)/t11-/m0/s1. The van der Waals surface area contributed by atoms with Crippen molar-refractivity contribution >= 4 is 5.82 Å². The first-order chi connectivity index (χ1) is 9.20. The molecule has 0 radical (unpaired) electrons. The number of aromatic nitrogens is 3. The van der Waals surface area contributed by atoms with E-state index in [1.54, 1.807) is 6.20 Å². The summed E-state index contributed by atoms with van der Waals surface area (Å²) in [6.45, 7) is 2.08. The molecule has 5 heteroatoms. The molecule has 0 fully saturated rings. The number of anilines is 1. The van der Waals surface area contributed by atoms with Gasteiger partial charge >= 0.3 is 0 Å². The molecule has 0 aliphatic heterocycles. The van der Waals surface area contributed by atoms with Crippen LogP contribution in [0.25, 0.3) is 0 Å². The molecule has 1 N–H and O–H groups in total. The predicted octanol–water partition coefficient (Wildman–Crippen LogP) is 2.12. The van der Waals surface area contributed by atoms with Gasteiger partial charge < -0.3 is 9.88 Å². The monoisotopic (exact) mass is 255 g/mol. The van der Waals surface area contributed by atoms with Crippen molar-refractivity contribution in [1.82, 2.24) is 14.5 Å². The molecule has 2 aromatic rings. The van der Waals surface area contributed by atoms with Crippen LogP contribution in [0.1, 0.15) is 24.7 Å². The van der Waals surface area contributed by atoms with E-state index in [1.807, 2.05) is 25.4 Å². The van der Waals surface area contributed by atoms with Gasteiger partial charge in [0.25, 0.3) is 0 Å². The van der Waals surface area contributed by atoms with Gasteiger partial charge in [-0.15, -0.1) is 0 Å². The van der Waals surface area contributed by atoms with Gasteiger partial charge in [-0.2, -0.15) is 5.26 Å². The van der Waals surface area contributed by atoms with Crippen LogP contribution in [0.5, 0.6) is 0 Å². The first-order valence-electron chi connectivity index (χ1n) is 6.28. The molecular formula is C14H17N5. The molecule has 2 rings (SSSR count). The molecule has 0 saturated heterocycles. The van der Waals surface area contributed by atoms with Crippen molar-refractivity contribution in [2.24, 2.45) is 7.05 Å². The normalized spacial score (nSPS) is 11.8. The van der Waals surface area contributed by atoms with Gasteiger partial charge in [0.05, 0.1) is 0 Å². The van der Waals surface area contributed by atoms with Crippen molar-refractivity contribution in [2.75, 3.05) is 5.32 Å². The molecule has 0 aliphatic rings. The van der Waals surface area contributed by atoms with Gasteiger partial charge in [0.2, 0.25) is 0 Å². The first kappa shape index (κ1) is 13.1. The Morgan fingerprint density at radius 2 is 2.21 bits per heavy atom. The van der Waals surface area contributed by atoms with Crippen molar-refractivity contribution in [2.45, 2.75) is 25.8 Å². The average Bonchev–Trinajstić information content (AvgIpc) is 2.82. The minimum Gasteiger partial charge on any atom is -0.365 e. The van der Waals surface area contributed by atoms with Crippen LogP contribution in [0.4, 0.5) is 5.82 Å². The Hall–Kier alpha value is -2.35. The molecule has 0 unspecified atom stereocenters. The molecule has 5 nitrogen and oxygen atoms in total. The Labute approximate surface area is 112 Å². The fourth-order valence-electron chi connectivity index (χ4n) is 1.95. The summed E-state index contributed by atoms with van der Waals surface area (Å²) in [6.07, 6.45) is 7.12. The van der Waals surface area contributed by atoms with Crippen molar-refractivity contribution in [3.8, 4) is 6.07 Å². The Morgan fingerprint density at radius 3 is 2.89 bits per heavy atom. The highest BCUT2D eigenvalue weighted by molar-refractivity contribution is 5.47. The van der Waals surface area contributed by atoms with Gasteiger partial charge in [-0.3, -0.25) is 0 Å². The second-order valence-electron chi connectivity index (χ2n) is 4.56. The van der Waals surface area contributed by atoms with Crippen molar-refractivity contribution in [1.29, 1.82) is 5.26 Å². The molecule has 19 heavy (non-hydrogen) atoms. The number of aryl methyl sites for hydroxylation is 2. The van der Waals surface area contributed by atoms with Crippen LogP contribution in [-0.2, 0) is 13.5 Å². The average molecular weight is 255 g/mol. The van der Waals surface area contributed by atoms with Crippen molar-refractivity contribution in [3.05, 3.63) is 42.1 Å². The number of hydrogen-bond donors (Lipinski definition) is 1. The van der Waals surface area contributed by atoms with Crippen LogP contribution in [-0.4, -0.2) is 20.6 Å². The van der Waals surface area contributed by atoms with Gasteiger partial charge in [0.15, 0.2) is 11.5 Å². The Morgan fingerprint density at radius 1 is 1.42 bits per heavy atom. The van der Waals surface area contributed by atoms with E-state index >= 15 is 0 Å². The third-order valence-electron chi connectivity index (χ3n) is 3.07. The lowest BCUT2D eigenvalue weighted by atomic mass is 10.1. The van der Waals surface area contributed by atoms with Crippen LogP contribution >= 0.6 is 0 Å². The molecule has 0 spiro atoms. The van der Waals surface area contributed by atoms with E-state index < -0.39 is 0 Å². The van der Waals surface area contributed by atoms with E-state index in [9.17, 15) is 0 Å². The zero-order chi connectivity index (χ0) is 13.7. The van der Waals surface area contributed by atoms with E-state index in [0.29, 0.717) is 11.5 Å². The highest BCUT2D eigenvalue weighted by Gasteiger charge is 2.09. The molecular weight excluding hydrogens is 238 g/mol. The minimum absolute atomic E-state index is 0.235. The maximum atomic E-state index is 8.95. The zero-order valence-electron chi connectivity index (χ0n) is 11.2. The Bertz CT molecular complexity index is 582. The summed E-state index contributed by atoms with van der Waals surface area (Å²) in [5.74, 6) is 0.560. The van der Waals surface area contributed by atoms with E-state index in [1.165, 1.54) is 11.9 Å². The Balaban J connectivity index is 1.93. The van der Waals surface area contributed by atoms with E-state index in [4.69, 9.17) is 5.26 Å². The quantitative estimate of drug-likeness (QED) is 0.888. The SMILES string of the molecule is C[C@@H](CCc1cccn1C)Nc1nccnc1C#N. The van der Waals surface area contributed by atoms with E-state index in [0.717, 1.165) is 12.8 Å². The fraction of sp³-hybridized carbons (Fsp3) is 0.357. The maximum Gasteiger partial charge on any atom is 0.182 e. The van der Waals surface area contributed by atoms with Crippen molar-refractivity contribution < 1.29 is 0 Å². The lowest BCUT2D eigenvalue weighted by Crippen LogP contribution is -2.18. The topological polar surface area (TPSA) is 66.5 Å². The third-order valence-corrected chi connectivity index (χ3v) is 3.07. The molecule has 1 atom stereocenters. The first-order valence-corrected chi connectivity index (χ1v) is 6.28. The smallest absolute Gasteiger partial charge is 0.182 e. The van der Waals surface area contributed by atoms with E-state index in [-0.39, 0.29) is 6.04 Å². The summed E-state index contributed by atoms with van der Waals surface area (Å²) >= 11 is 0. The summed E-state index contributed by atoms with van der Waals surface area (Å²) in [5, 5.41) is 12.2. The summed E-state index contributed by atoms with van der Waals surface area (Å²) in [6, 6.07) is 6.44. The maximum absolute atomic E-state index is 8.95. The third kappa shape index (κ3) is 3.32. The summed E-state index contributed by atoms with van der Waals surface area (Å²) in [7, 11) is 2.05. The largest absolute Gasteiger partial charge is 0.365 e. The molecule has 0 aliphatic carbocycles. The molecule has 2 aromatic heterocycles. The molecule has 98 valence electrons. The van der Waals surface area contributed by atoms with Gasteiger partial charge in [-0.25, -0.2) is 9.97 Å². The van der Waals surface area contributed by atoms with Gasteiger partial charge in [-0.1, -0.05) is 0 Å². The second-order valence-corrected chi connectivity index (χ2v) is 4.56.